The van der Waals surface area contributed by atoms with Gasteiger partial charge in [0.15, 0.2) is 0 Å². The lowest BCUT2D eigenvalue weighted by atomic mass is 10.2. The predicted molar refractivity (Wildman–Crippen MR) is 100 cm³/mol. The van der Waals surface area contributed by atoms with E-state index in [0.29, 0.717) is 0 Å². The minimum atomic E-state index is 0.722. The summed E-state index contributed by atoms with van der Waals surface area (Å²) in [6, 6.07) is 16.4. The van der Waals surface area contributed by atoms with Crippen molar-refractivity contribution in [3.63, 3.8) is 0 Å². The summed E-state index contributed by atoms with van der Waals surface area (Å²) in [7, 11) is 0. The van der Waals surface area contributed by atoms with Crippen molar-refractivity contribution in [1.29, 1.82) is 0 Å². The van der Waals surface area contributed by atoms with Gasteiger partial charge < -0.3 is 0 Å². The molecule has 0 aliphatic carbocycles. The molecule has 3 nitrogen and oxygen atoms in total. The second-order valence-electron chi connectivity index (χ2n) is 4.45. The molecule has 2 aromatic carbocycles. The van der Waals surface area contributed by atoms with Crippen LogP contribution < -0.4 is 0 Å². The fourth-order valence-corrected chi connectivity index (χ4v) is 2.55. The zero-order valence-corrected chi connectivity index (χ0v) is 16.4. The van der Waals surface area contributed by atoms with Crippen LogP contribution in [0.25, 0.3) is 0 Å². The summed E-state index contributed by atoms with van der Waals surface area (Å²) in [6.07, 6.45) is 3.36. The van der Waals surface area contributed by atoms with Gasteiger partial charge in [0.25, 0.3) is 0 Å². The molecular formula is C16H14Br3N3. The highest BCUT2D eigenvalue weighted by atomic mass is 79.9. The first-order valence-corrected chi connectivity index (χ1v) is 9.27. The molecule has 3 rings (SSSR count). The number of alkyl halides is 1. The van der Waals surface area contributed by atoms with Crippen molar-refractivity contribution in [2.24, 2.45) is 0 Å². The Balaban J connectivity index is 0.000000172. The molecule has 0 aliphatic heterocycles. The van der Waals surface area contributed by atoms with Crippen molar-refractivity contribution in [1.82, 2.24) is 15.0 Å². The molecule has 0 saturated carbocycles. The lowest BCUT2D eigenvalue weighted by molar-refractivity contribution is 0.591. The average molecular weight is 488 g/mol. The highest BCUT2D eigenvalue weighted by molar-refractivity contribution is 9.10. The second-order valence-corrected chi connectivity index (χ2v) is 6.84. The van der Waals surface area contributed by atoms with E-state index in [2.05, 4.69) is 70.1 Å². The minimum Gasteiger partial charge on any atom is -0.180 e. The van der Waals surface area contributed by atoms with Gasteiger partial charge in [0.05, 0.1) is 18.9 Å². The second kappa shape index (κ2) is 9.22. The number of nitrogens with zero attached hydrogens (tertiary/aromatic N) is 3. The van der Waals surface area contributed by atoms with Crippen LogP contribution >= 0.6 is 47.8 Å². The van der Waals surface area contributed by atoms with Gasteiger partial charge in [-0.2, -0.15) is 15.0 Å². The summed E-state index contributed by atoms with van der Waals surface area (Å²) in [5, 5.41) is 8.99. The van der Waals surface area contributed by atoms with Crippen molar-refractivity contribution in [2.75, 3.05) is 0 Å². The van der Waals surface area contributed by atoms with Crippen molar-refractivity contribution in [3.05, 3.63) is 81.0 Å². The van der Waals surface area contributed by atoms with Crippen LogP contribution in [0, 0.1) is 0 Å². The van der Waals surface area contributed by atoms with E-state index in [9.17, 15) is 0 Å². The smallest absolute Gasteiger partial charge is 0.0857 e. The summed E-state index contributed by atoms with van der Waals surface area (Å²) >= 11 is 10.1. The largest absolute Gasteiger partial charge is 0.180 e. The molecule has 0 saturated heterocycles. The molecule has 0 aliphatic rings. The van der Waals surface area contributed by atoms with Gasteiger partial charge in [-0.1, -0.05) is 72.1 Å². The Hall–Kier alpha value is -0.980. The van der Waals surface area contributed by atoms with Gasteiger partial charge in [0, 0.05) is 14.3 Å². The Morgan fingerprint density at radius 3 is 1.64 bits per heavy atom. The Bertz CT molecular complexity index is 665. The number of halogens is 3. The van der Waals surface area contributed by atoms with Crippen LogP contribution in [0.1, 0.15) is 11.1 Å². The van der Waals surface area contributed by atoms with E-state index in [1.165, 1.54) is 11.1 Å². The highest BCUT2D eigenvalue weighted by Crippen LogP contribution is 2.12. The molecule has 114 valence electrons. The third-order valence-electron chi connectivity index (χ3n) is 2.77. The van der Waals surface area contributed by atoms with Gasteiger partial charge in [-0.3, -0.25) is 0 Å². The molecular weight excluding hydrogens is 474 g/mol. The SMILES string of the molecule is BrCc1ccc(Br)cc1.Brc1ccc(Cn2nccn2)cc1. The lowest BCUT2D eigenvalue weighted by Crippen LogP contribution is -2.02. The first kappa shape index (κ1) is 17.4. The summed E-state index contributed by atoms with van der Waals surface area (Å²) in [5.74, 6) is 0. The Kier molecular flexibility index (Phi) is 7.29. The fraction of sp³-hybridized carbons (Fsp3) is 0.125. The van der Waals surface area contributed by atoms with E-state index in [1.807, 2.05) is 36.4 Å². The number of hydrogen-bond acceptors (Lipinski definition) is 2. The van der Waals surface area contributed by atoms with E-state index in [1.54, 1.807) is 17.2 Å². The van der Waals surface area contributed by atoms with E-state index >= 15 is 0 Å². The monoisotopic (exact) mass is 485 g/mol. The van der Waals surface area contributed by atoms with Crippen LogP contribution in [0.5, 0.6) is 0 Å². The maximum atomic E-state index is 4.03. The number of aromatic nitrogens is 3. The third-order valence-corrected chi connectivity index (χ3v) is 4.48. The molecule has 0 N–H and O–H groups in total. The summed E-state index contributed by atoms with van der Waals surface area (Å²) in [5.41, 5.74) is 2.50. The molecule has 6 heteroatoms. The summed E-state index contributed by atoms with van der Waals surface area (Å²) in [6.45, 7) is 0.722. The van der Waals surface area contributed by atoms with E-state index in [0.717, 1.165) is 20.8 Å². The van der Waals surface area contributed by atoms with Crippen LogP contribution in [-0.2, 0) is 11.9 Å². The molecule has 3 aromatic rings. The number of benzene rings is 2. The van der Waals surface area contributed by atoms with Crippen molar-refractivity contribution >= 4 is 47.8 Å². The average Bonchev–Trinajstić information content (AvgIpc) is 3.04. The van der Waals surface area contributed by atoms with Crippen LogP contribution in [0.3, 0.4) is 0 Å². The van der Waals surface area contributed by atoms with Gasteiger partial charge >= 0.3 is 0 Å². The van der Waals surface area contributed by atoms with Gasteiger partial charge in [0.1, 0.15) is 0 Å². The van der Waals surface area contributed by atoms with Crippen LogP contribution in [0.2, 0.25) is 0 Å². The van der Waals surface area contributed by atoms with Gasteiger partial charge in [0.2, 0.25) is 0 Å². The van der Waals surface area contributed by atoms with Crippen molar-refractivity contribution < 1.29 is 0 Å². The molecule has 0 radical (unpaired) electrons. The van der Waals surface area contributed by atoms with Crippen LogP contribution in [0.15, 0.2) is 69.9 Å². The molecule has 22 heavy (non-hydrogen) atoms. The molecule has 0 amide bonds. The molecule has 0 atom stereocenters. The maximum absolute atomic E-state index is 4.03. The topological polar surface area (TPSA) is 30.7 Å². The number of hydrogen-bond donors (Lipinski definition) is 0. The van der Waals surface area contributed by atoms with Crippen LogP contribution in [-0.4, -0.2) is 15.0 Å². The van der Waals surface area contributed by atoms with Gasteiger partial charge in [-0.05, 0) is 35.4 Å². The van der Waals surface area contributed by atoms with Gasteiger partial charge in [-0.15, -0.1) is 0 Å². The van der Waals surface area contributed by atoms with Gasteiger partial charge in [-0.25, -0.2) is 0 Å². The zero-order valence-electron chi connectivity index (χ0n) is 11.7. The fourth-order valence-electron chi connectivity index (χ4n) is 1.65. The molecule has 0 bridgehead atoms. The van der Waals surface area contributed by atoms with E-state index in [-0.39, 0.29) is 0 Å². The normalized spacial score (nSPS) is 9.95. The van der Waals surface area contributed by atoms with Crippen molar-refractivity contribution in [3.8, 4) is 0 Å². The quantitative estimate of drug-likeness (QED) is 0.461. The first-order valence-electron chi connectivity index (χ1n) is 6.56. The zero-order chi connectivity index (χ0) is 15.8. The predicted octanol–water partition coefficient (Wildman–Crippen LogP) is 5.43. The molecule has 1 aromatic heterocycles. The first-order chi connectivity index (χ1) is 10.7. The summed E-state index contributed by atoms with van der Waals surface area (Å²) < 4.78 is 2.22. The van der Waals surface area contributed by atoms with E-state index in [4.69, 9.17) is 0 Å². The highest BCUT2D eigenvalue weighted by Gasteiger charge is 1.95. The molecule has 1 heterocycles. The molecule has 0 spiro atoms. The Morgan fingerprint density at radius 2 is 1.18 bits per heavy atom. The molecule has 0 fully saturated rings. The van der Waals surface area contributed by atoms with E-state index < -0.39 is 0 Å². The van der Waals surface area contributed by atoms with Crippen molar-refractivity contribution in [2.45, 2.75) is 11.9 Å². The standard InChI is InChI=1S/C9H8BrN3.C7H6Br2/c10-9-3-1-8(2-4-9)7-13-11-5-6-12-13;8-5-6-1-3-7(9)4-2-6/h1-6H,7H2;1-4H,5H2. The minimum absolute atomic E-state index is 0.722. The summed E-state index contributed by atoms with van der Waals surface area (Å²) in [4.78, 5) is 1.66. The lowest BCUT2D eigenvalue weighted by Gasteiger charge is -1.99. The molecule has 0 unspecified atom stereocenters. The Morgan fingerprint density at radius 1 is 0.727 bits per heavy atom. The van der Waals surface area contributed by atoms with Crippen LogP contribution in [0.4, 0.5) is 0 Å². The number of rotatable bonds is 3. The third kappa shape index (κ3) is 6.02. The maximum Gasteiger partial charge on any atom is 0.0857 e. The Labute approximate surface area is 155 Å².